The van der Waals surface area contributed by atoms with Crippen LogP contribution in [0.15, 0.2) is 48.5 Å². The number of hydrogen-bond acceptors (Lipinski definition) is 4. The zero-order valence-electron chi connectivity index (χ0n) is 14.2. The average Bonchev–Trinajstić information content (AvgIpc) is 2.60. The van der Waals surface area contributed by atoms with Gasteiger partial charge in [0.25, 0.3) is 5.91 Å². The number of halogens is 2. The summed E-state index contributed by atoms with van der Waals surface area (Å²) in [5.41, 5.74) is 3.07. The first-order chi connectivity index (χ1) is 12.4. The van der Waals surface area contributed by atoms with Crippen LogP contribution in [0.1, 0.15) is 21.7 Å². The molecule has 0 saturated heterocycles. The molecule has 3 rings (SSSR count). The van der Waals surface area contributed by atoms with Crippen molar-refractivity contribution in [3.8, 4) is 0 Å². The number of carbonyl (C=O) groups excluding carboxylic acids is 1. The number of nitrogens with zero attached hydrogens (tertiary/aromatic N) is 2. The van der Waals surface area contributed by atoms with E-state index in [0.717, 1.165) is 11.3 Å². The Morgan fingerprint density at radius 3 is 2.35 bits per heavy atom. The smallest absolute Gasteiger partial charge is 0.274 e. The molecule has 5 nitrogen and oxygen atoms in total. The van der Waals surface area contributed by atoms with Gasteiger partial charge in [0.1, 0.15) is 5.69 Å². The maximum Gasteiger partial charge on any atom is 0.274 e. The number of anilines is 3. The van der Waals surface area contributed by atoms with Crippen LogP contribution in [0.4, 0.5) is 17.3 Å². The second-order valence-corrected chi connectivity index (χ2v) is 6.52. The van der Waals surface area contributed by atoms with Crippen molar-refractivity contribution < 1.29 is 4.79 Å². The van der Waals surface area contributed by atoms with Crippen molar-refractivity contribution in [1.29, 1.82) is 0 Å². The molecule has 0 aliphatic rings. The molecule has 26 heavy (non-hydrogen) atoms. The molecule has 0 aliphatic carbocycles. The summed E-state index contributed by atoms with van der Waals surface area (Å²) < 4.78 is 0. The highest BCUT2D eigenvalue weighted by atomic mass is 35.5. The van der Waals surface area contributed by atoms with Gasteiger partial charge in [0.05, 0.1) is 15.7 Å². The fourth-order valence-electron chi connectivity index (χ4n) is 2.37. The molecule has 0 fully saturated rings. The zero-order chi connectivity index (χ0) is 18.7. The van der Waals surface area contributed by atoms with E-state index in [2.05, 4.69) is 20.6 Å². The molecule has 0 unspecified atom stereocenters. The fourth-order valence-corrected chi connectivity index (χ4v) is 2.86. The molecule has 0 spiro atoms. The van der Waals surface area contributed by atoms with Gasteiger partial charge in [-0.3, -0.25) is 4.79 Å². The van der Waals surface area contributed by atoms with E-state index in [1.54, 1.807) is 31.2 Å². The molecule has 132 valence electrons. The summed E-state index contributed by atoms with van der Waals surface area (Å²) in [6.45, 7) is 3.71. The van der Waals surface area contributed by atoms with Gasteiger partial charge < -0.3 is 10.6 Å². The Labute approximate surface area is 161 Å². The molecule has 0 bridgehead atoms. The lowest BCUT2D eigenvalue weighted by atomic mass is 10.2. The Morgan fingerprint density at radius 2 is 1.65 bits per heavy atom. The number of rotatable bonds is 4. The van der Waals surface area contributed by atoms with Crippen LogP contribution in [0.2, 0.25) is 10.0 Å². The van der Waals surface area contributed by atoms with Crippen molar-refractivity contribution in [2.75, 3.05) is 10.6 Å². The minimum atomic E-state index is -0.321. The van der Waals surface area contributed by atoms with E-state index in [1.165, 1.54) is 0 Å². The molecule has 0 saturated carbocycles. The average molecular weight is 387 g/mol. The van der Waals surface area contributed by atoms with Gasteiger partial charge >= 0.3 is 0 Å². The molecule has 0 atom stereocenters. The maximum absolute atomic E-state index is 12.6. The molecule has 7 heteroatoms. The number of hydrogen-bond donors (Lipinski definition) is 2. The molecule has 3 aromatic rings. The monoisotopic (exact) mass is 386 g/mol. The van der Waals surface area contributed by atoms with Crippen LogP contribution in [-0.4, -0.2) is 15.9 Å². The Balaban J connectivity index is 1.88. The van der Waals surface area contributed by atoms with Crippen molar-refractivity contribution in [1.82, 2.24) is 9.97 Å². The van der Waals surface area contributed by atoms with Gasteiger partial charge in [0.15, 0.2) is 0 Å². The number of benzene rings is 2. The number of aryl methyl sites for hydroxylation is 2. The second-order valence-electron chi connectivity index (χ2n) is 5.71. The fraction of sp³-hybridized carbons (Fsp3) is 0.105. The molecular formula is C19H16Cl2N4O. The van der Waals surface area contributed by atoms with E-state index in [1.807, 2.05) is 31.2 Å². The summed E-state index contributed by atoms with van der Waals surface area (Å²) in [5, 5.41) is 6.72. The van der Waals surface area contributed by atoms with Gasteiger partial charge in [0.2, 0.25) is 5.95 Å². The number of nitrogens with one attached hydrogen (secondary N) is 2. The van der Waals surface area contributed by atoms with Crippen LogP contribution in [0.25, 0.3) is 0 Å². The standard InChI is InChI=1S/C19H16Cl2N4O/c1-11-6-3-4-9-15(11)23-18(26)16-10-12(2)22-19(24-16)25-17-13(20)7-5-8-14(17)21/h3-10H,1-2H3,(H,23,26)(H,22,24,25). The van der Waals surface area contributed by atoms with Crippen LogP contribution in [0.3, 0.4) is 0 Å². The van der Waals surface area contributed by atoms with Crippen molar-refractivity contribution in [3.63, 3.8) is 0 Å². The maximum atomic E-state index is 12.6. The van der Waals surface area contributed by atoms with Gasteiger partial charge in [-0.25, -0.2) is 9.97 Å². The molecule has 0 radical (unpaired) electrons. The zero-order valence-corrected chi connectivity index (χ0v) is 15.7. The third kappa shape index (κ3) is 4.12. The first-order valence-corrected chi connectivity index (χ1v) is 8.63. The summed E-state index contributed by atoms with van der Waals surface area (Å²) in [6, 6.07) is 14.3. The van der Waals surface area contributed by atoms with E-state index in [9.17, 15) is 4.79 Å². The lowest BCUT2D eigenvalue weighted by Gasteiger charge is -2.11. The molecule has 2 aromatic carbocycles. The third-order valence-corrected chi connectivity index (χ3v) is 4.31. The SMILES string of the molecule is Cc1cc(C(=O)Nc2ccccc2C)nc(Nc2c(Cl)cccc2Cl)n1. The quantitative estimate of drug-likeness (QED) is 0.629. The first-order valence-electron chi connectivity index (χ1n) is 7.88. The highest BCUT2D eigenvalue weighted by molar-refractivity contribution is 6.39. The van der Waals surface area contributed by atoms with Crippen molar-refractivity contribution in [3.05, 3.63) is 75.5 Å². The van der Waals surface area contributed by atoms with Crippen LogP contribution >= 0.6 is 23.2 Å². The predicted octanol–water partition coefficient (Wildman–Crippen LogP) is 5.40. The normalized spacial score (nSPS) is 10.5. The molecule has 1 heterocycles. The lowest BCUT2D eigenvalue weighted by Crippen LogP contribution is -2.16. The van der Waals surface area contributed by atoms with Crippen LogP contribution in [-0.2, 0) is 0 Å². The van der Waals surface area contributed by atoms with E-state index in [-0.39, 0.29) is 17.5 Å². The summed E-state index contributed by atoms with van der Waals surface area (Å²) in [5.74, 6) is -0.0759. The molecule has 1 amide bonds. The van der Waals surface area contributed by atoms with Gasteiger partial charge in [-0.05, 0) is 43.7 Å². The highest BCUT2D eigenvalue weighted by Crippen LogP contribution is 2.31. The Bertz CT molecular complexity index is 955. The summed E-state index contributed by atoms with van der Waals surface area (Å²) in [4.78, 5) is 21.2. The van der Waals surface area contributed by atoms with Crippen molar-refractivity contribution in [2.45, 2.75) is 13.8 Å². The topological polar surface area (TPSA) is 66.9 Å². The van der Waals surface area contributed by atoms with Crippen LogP contribution in [0, 0.1) is 13.8 Å². The van der Waals surface area contributed by atoms with E-state index in [0.29, 0.717) is 21.4 Å². The number of carbonyl (C=O) groups is 1. The number of aromatic nitrogens is 2. The summed E-state index contributed by atoms with van der Waals surface area (Å²) >= 11 is 12.3. The van der Waals surface area contributed by atoms with Crippen LogP contribution < -0.4 is 10.6 Å². The first kappa shape index (κ1) is 18.2. The minimum absolute atomic E-state index is 0.242. The number of para-hydroxylation sites is 2. The molecule has 0 aliphatic heterocycles. The van der Waals surface area contributed by atoms with E-state index >= 15 is 0 Å². The van der Waals surface area contributed by atoms with Crippen molar-refractivity contribution >= 4 is 46.4 Å². The lowest BCUT2D eigenvalue weighted by molar-refractivity contribution is 0.102. The third-order valence-electron chi connectivity index (χ3n) is 3.68. The Kier molecular flexibility index (Phi) is 5.40. The van der Waals surface area contributed by atoms with Crippen LogP contribution in [0.5, 0.6) is 0 Å². The summed E-state index contributed by atoms with van der Waals surface area (Å²) in [7, 11) is 0. The summed E-state index contributed by atoms with van der Waals surface area (Å²) in [6.07, 6.45) is 0. The second kappa shape index (κ2) is 7.72. The van der Waals surface area contributed by atoms with Gasteiger partial charge in [-0.1, -0.05) is 47.5 Å². The van der Waals surface area contributed by atoms with Crippen molar-refractivity contribution in [2.24, 2.45) is 0 Å². The molecule has 2 N–H and O–H groups in total. The number of amides is 1. The van der Waals surface area contributed by atoms with E-state index < -0.39 is 0 Å². The molecule has 1 aromatic heterocycles. The Hall–Kier alpha value is -2.63. The predicted molar refractivity (Wildman–Crippen MR) is 106 cm³/mol. The van der Waals surface area contributed by atoms with Gasteiger partial charge in [0, 0.05) is 11.4 Å². The van der Waals surface area contributed by atoms with E-state index in [4.69, 9.17) is 23.2 Å². The minimum Gasteiger partial charge on any atom is -0.322 e. The molecular weight excluding hydrogens is 371 g/mol. The van der Waals surface area contributed by atoms with Gasteiger partial charge in [-0.15, -0.1) is 0 Å². The Morgan fingerprint density at radius 1 is 0.962 bits per heavy atom. The highest BCUT2D eigenvalue weighted by Gasteiger charge is 2.14. The van der Waals surface area contributed by atoms with Gasteiger partial charge in [-0.2, -0.15) is 0 Å². The largest absolute Gasteiger partial charge is 0.322 e.